The maximum Gasteiger partial charge on any atom is 0.274 e. The van der Waals surface area contributed by atoms with Gasteiger partial charge in [0, 0.05) is 23.0 Å². The van der Waals surface area contributed by atoms with Gasteiger partial charge in [-0.05, 0) is 38.1 Å². The lowest BCUT2D eigenvalue weighted by Crippen LogP contribution is -2.15. The Morgan fingerprint density at radius 3 is 2.35 bits per heavy atom. The van der Waals surface area contributed by atoms with E-state index >= 15 is 0 Å². The lowest BCUT2D eigenvalue weighted by atomic mass is 10.1. The third-order valence-corrected chi connectivity index (χ3v) is 3.64. The van der Waals surface area contributed by atoms with E-state index in [1.807, 2.05) is 30.3 Å². The van der Waals surface area contributed by atoms with E-state index in [2.05, 4.69) is 20.6 Å². The Balaban J connectivity index is 1.81. The molecule has 3 rings (SSSR count). The second kappa shape index (κ2) is 7.57. The first-order valence-electron chi connectivity index (χ1n) is 8.11. The van der Waals surface area contributed by atoms with Gasteiger partial charge in [-0.25, -0.2) is 9.97 Å². The van der Waals surface area contributed by atoms with Gasteiger partial charge in [-0.15, -0.1) is 0 Å². The molecule has 0 saturated carbocycles. The highest BCUT2D eigenvalue weighted by atomic mass is 16.2. The molecule has 0 unspecified atom stereocenters. The van der Waals surface area contributed by atoms with Gasteiger partial charge in [-0.2, -0.15) is 0 Å². The van der Waals surface area contributed by atoms with E-state index in [0.717, 1.165) is 5.69 Å². The van der Waals surface area contributed by atoms with E-state index in [0.29, 0.717) is 22.9 Å². The monoisotopic (exact) mass is 346 g/mol. The summed E-state index contributed by atoms with van der Waals surface area (Å²) < 4.78 is 0. The van der Waals surface area contributed by atoms with E-state index in [1.165, 1.54) is 6.92 Å². The zero-order valence-electron chi connectivity index (χ0n) is 14.5. The lowest BCUT2D eigenvalue weighted by Gasteiger charge is -2.09. The largest absolute Gasteiger partial charge is 0.340 e. The number of carbonyl (C=O) groups is 2. The fourth-order valence-electron chi connectivity index (χ4n) is 2.43. The number of hydrogen-bond acceptors (Lipinski definition) is 5. The van der Waals surface area contributed by atoms with E-state index < -0.39 is 0 Å². The molecule has 2 N–H and O–H groups in total. The van der Waals surface area contributed by atoms with E-state index in [9.17, 15) is 9.59 Å². The van der Waals surface area contributed by atoms with Crippen molar-refractivity contribution in [3.63, 3.8) is 0 Å². The summed E-state index contributed by atoms with van der Waals surface area (Å²) in [4.78, 5) is 32.5. The molecule has 26 heavy (non-hydrogen) atoms. The minimum atomic E-state index is -0.368. The number of ketones is 1. The van der Waals surface area contributed by atoms with Crippen molar-refractivity contribution in [3.05, 3.63) is 77.7 Å². The number of Topliss-reactive ketones (excluding diaryl/α,β-unsaturated/α-hetero) is 1. The summed E-state index contributed by atoms with van der Waals surface area (Å²) in [6.07, 6.45) is 0. The molecule has 0 aliphatic rings. The van der Waals surface area contributed by atoms with Gasteiger partial charge in [0.1, 0.15) is 17.3 Å². The fourth-order valence-corrected chi connectivity index (χ4v) is 2.43. The highest BCUT2D eigenvalue weighted by molar-refractivity contribution is 6.04. The van der Waals surface area contributed by atoms with Gasteiger partial charge < -0.3 is 10.6 Å². The molecule has 0 bridgehead atoms. The molecule has 0 saturated heterocycles. The third-order valence-electron chi connectivity index (χ3n) is 3.64. The predicted octanol–water partition coefficient (Wildman–Crippen LogP) is 3.98. The molecule has 3 aromatic rings. The van der Waals surface area contributed by atoms with Gasteiger partial charge in [0.15, 0.2) is 5.78 Å². The highest BCUT2D eigenvalue weighted by Crippen LogP contribution is 2.17. The van der Waals surface area contributed by atoms with Crippen molar-refractivity contribution in [2.45, 2.75) is 13.8 Å². The third kappa shape index (κ3) is 4.30. The minimum absolute atomic E-state index is 0.0617. The molecular formula is C20H18N4O2. The Kier molecular flexibility index (Phi) is 5.03. The van der Waals surface area contributed by atoms with Crippen LogP contribution < -0.4 is 10.6 Å². The average Bonchev–Trinajstić information content (AvgIpc) is 2.62. The van der Waals surface area contributed by atoms with Gasteiger partial charge >= 0.3 is 0 Å². The van der Waals surface area contributed by atoms with Crippen LogP contribution in [0.15, 0.2) is 60.7 Å². The molecule has 1 heterocycles. The maximum atomic E-state index is 12.5. The number of benzene rings is 2. The van der Waals surface area contributed by atoms with Gasteiger partial charge in [0.05, 0.1) is 0 Å². The smallest absolute Gasteiger partial charge is 0.274 e. The summed E-state index contributed by atoms with van der Waals surface area (Å²) in [7, 11) is 0. The van der Waals surface area contributed by atoms with Crippen molar-refractivity contribution in [2.24, 2.45) is 0 Å². The molecule has 0 atom stereocenters. The number of para-hydroxylation sites is 1. The molecule has 1 amide bonds. The first-order chi connectivity index (χ1) is 12.5. The van der Waals surface area contributed by atoms with Crippen molar-refractivity contribution >= 4 is 28.9 Å². The Morgan fingerprint density at radius 1 is 0.885 bits per heavy atom. The second-order valence-electron chi connectivity index (χ2n) is 5.77. The van der Waals surface area contributed by atoms with Crippen molar-refractivity contribution in [1.29, 1.82) is 0 Å². The van der Waals surface area contributed by atoms with Crippen molar-refractivity contribution < 1.29 is 9.59 Å². The van der Waals surface area contributed by atoms with Crippen LogP contribution in [-0.4, -0.2) is 21.7 Å². The van der Waals surface area contributed by atoms with E-state index in [1.54, 1.807) is 37.3 Å². The molecule has 0 fully saturated rings. The number of nitrogens with zero attached hydrogens (tertiary/aromatic N) is 2. The van der Waals surface area contributed by atoms with Crippen LogP contribution in [0.1, 0.15) is 33.6 Å². The number of carbonyl (C=O) groups excluding carboxylic acids is 2. The number of rotatable bonds is 5. The zero-order valence-corrected chi connectivity index (χ0v) is 14.5. The predicted molar refractivity (Wildman–Crippen MR) is 101 cm³/mol. The van der Waals surface area contributed by atoms with Crippen LogP contribution >= 0.6 is 0 Å². The molecular weight excluding hydrogens is 328 g/mol. The van der Waals surface area contributed by atoms with Gasteiger partial charge in [0.25, 0.3) is 5.91 Å². The number of hydrogen-bond donors (Lipinski definition) is 2. The zero-order chi connectivity index (χ0) is 18.5. The Hall–Kier alpha value is -3.54. The van der Waals surface area contributed by atoms with E-state index in [4.69, 9.17) is 0 Å². The normalized spacial score (nSPS) is 10.2. The van der Waals surface area contributed by atoms with E-state index in [-0.39, 0.29) is 17.4 Å². The molecule has 0 aliphatic carbocycles. The van der Waals surface area contributed by atoms with Crippen molar-refractivity contribution in [1.82, 2.24) is 9.97 Å². The molecule has 6 nitrogen and oxygen atoms in total. The van der Waals surface area contributed by atoms with Crippen LogP contribution in [0.2, 0.25) is 0 Å². The number of aromatic nitrogens is 2. The summed E-state index contributed by atoms with van der Waals surface area (Å²) in [6.45, 7) is 3.21. The summed E-state index contributed by atoms with van der Waals surface area (Å²) in [5.41, 5.74) is 2.18. The topological polar surface area (TPSA) is 84.0 Å². The van der Waals surface area contributed by atoms with Crippen molar-refractivity contribution in [3.8, 4) is 0 Å². The molecule has 130 valence electrons. The van der Waals surface area contributed by atoms with Crippen LogP contribution in [0, 0.1) is 6.92 Å². The second-order valence-corrected chi connectivity index (χ2v) is 5.77. The van der Waals surface area contributed by atoms with Crippen LogP contribution in [-0.2, 0) is 0 Å². The first-order valence-corrected chi connectivity index (χ1v) is 8.11. The summed E-state index contributed by atoms with van der Waals surface area (Å²) in [5, 5.41) is 5.91. The Labute approximate surface area is 151 Å². The highest BCUT2D eigenvalue weighted by Gasteiger charge is 2.12. The average molecular weight is 346 g/mol. The standard InChI is InChI=1S/C20H18N4O2/c1-13(25)15-7-6-10-17(11-15)24-20(26)18-12-19(22-14(2)21-18)23-16-8-4-3-5-9-16/h3-12H,1-2H3,(H,24,26)(H,21,22,23). The fraction of sp³-hybridized carbons (Fsp3) is 0.100. The molecule has 0 radical (unpaired) electrons. The molecule has 6 heteroatoms. The van der Waals surface area contributed by atoms with Crippen LogP contribution in [0.4, 0.5) is 17.2 Å². The van der Waals surface area contributed by atoms with Crippen LogP contribution in [0.3, 0.4) is 0 Å². The van der Waals surface area contributed by atoms with Gasteiger partial charge in [0.2, 0.25) is 0 Å². The first kappa shape index (κ1) is 17.3. The summed E-state index contributed by atoms with van der Waals surface area (Å²) in [6, 6.07) is 17.9. The molecule has 0 spiro atoms. The SMILES string of the molecule is CC(=O)c1cccc(NC(=O)c2cc(Nc3ccccc3)nc(C)n2)c1. The Morgan fingerprint density at radius 2 is 1.62 bits per heavy atom. The Bertz CT molecular complexity index is 955. The number of nitrogens with one attached hydrogen (secondary N) is 2. The number of anilines is 3. The quantitative estimate of drug-likeness (QED) is 0.683. The summed E-state index contributed by atoms with van der Waals surface area (Å²) in [5.74, 6) is 0.584. The van der Waals surface area contributed by atoms with Crippen molar-refractivity contribution in [2.75, 3.05) is 10.6 Å². The molecule has 0 aliphatic heterocycles. The number of amides is 1. The lowest BCUT2D eigenvalue weighted by molar-refractivity contribution is 0.100. The van der Waals surface area contributed by atoms with Crippen LogP contribution in [0.5, 0.6) is 0 Å². The van der Waals surface area contributed by atoms with Gasteiger partial charge in [-0.3, -0.25) is 9.59 Å². The van der Waals surface area contributed by atoms with Gasteiger partial charge in [-0.1, -0.05) is 30.3 Å². The minimum Gasteiger partial charge on any atom is -0.340 e. The van der Waals surface area contributed by atoms with Crippen LogP contribution in [0.25, 0.3) is 0 Å². The molecule has 2 aromatic carbocycles. The molecule has 1 aromatic heterocycles. The summed E-state index contributed by atoms with van der Waals surface area (Å²) >= 11 is 0. The maximum absolute atomic E-state index is 12.5. The number of aryl methyl sites for hydroxylation is 1.